The number of nitrogens with two attached hydrogens (primary N) is 1. The minimum absolute atomic E-state index is 0.188. The van der Waals surface area contributed by atoms with Gasteiger partial charge in [-0.1, -0.05) is 12.1 Å². The maximum Gasteiger partial charge on any atom is 0.255 e. The molecule has 0 saturated heterocycles. The number of nitrogens with zero attached hydrogens (tertiary/aromatic N) is 1. The molecule has 0 saturated carbocycles. The summed E-state index contributed by atoms with van der Waals surface area (Å²) in [6.45, 7) is 4.18. The van der Waals surface area contributed by atoms with Crippen molar-refractivity contribution in [3.63, 3.8) is 0 Å². The smallest absolute Gasteiger partial charge is 0.255 e. The lowest BCUT2D eigenvalue weighted by Crippen LogP contribution is -2.22. The summed E-state index contributed by atoms with van der Waals surface area (Å²) in [5, 5.41) is 0. The van der Waals surface area contributed by atoms with Crippen LogP contribution in [0.2, 0.25) is 0 Å². The molecule has 1 aromatic heterocycles. The fourth-order valence-corrected chi connectivity index (χ4v) is 1.83. The molecule has 0 fully saturated rings. The normalized spacial score (nSPS) is 10.5. The van der Waals surface area contributed by atoms with Gasteiger partial charge in [-0.3, -0.25) is 4.79 Å². The fourth-order valence-electron chi connectivity index (χ4n) is 1.83. The van der Waals surface area contributed by atoms with E-state index < -0.39 is 0 Å². The average Bonchev–Trinajstić information content (AvgIpc) is 2.36. The third-order valence-corrected chi connectivity index (χ3v) is 2.84. The Morgan fingerprint density at radius 1 is 1.37 bits per heavy atom. The molecule has 3 N–H and O–H groups in total. The van der Waals surface area contributed by atoms with Gasteiger partial charge in [-0.2, -0.15) is 0 Å². The molecule has 0 amide bonds. The van der Waals surface area contributed by atoms with E-state index in [1.807, 2.05) is 31.2 Å². The number of aromatic nitrogens is 2. The number of aromatic amines is 1. The van der Waals surface area contributed by atoms with Gasteiger partial charge >= 0.3 is 0 Å². The van der Waals surface area contributed by atoms with Crippen LogP contribution in [0.1, 0.15) is 22.6 Å². The molecule has 0 aliphatic heterocycles. The summed E-state index contributed by atoms with van der Waals surface area (Å²) in [5.74, 6) is 1.25. The van der Waals surface area contributed by atoms with E-state index in [0.29, 0.717) is 17.1 Å². The van der Waals surface area contributed by atoms with Crippen molar-refractivity contribution in [1.82, 2.24) is 9.97 Å². The van der Waals surface area contributed by atoms with E-state index >= 15 is 0 Å². The molecule has 5 heteroatoms. The second kappa shape index (κ2) is 5.67. The molecule has 0 atom stereocenters. The topological polar surface area (TPSA) is 81.0 Å². The van der Waals surface area contributed by atoms with Crippen molar-refractivity contribution in [1.29, 1.82) is 0 Å². The van der Waals surface area contributed by atoms with Gasteiger partial charge in [0.05, 0.1) is 5.56 Å². The molecule has 100 valence electrons. The van der Waals surface area contributed by atoms with Crippen molar-refractivity contribution in [2.24, 2.45) is 5.73 Å². The van der Waals surface area contributed by atoms with E-state index in [1.54, 1.807) is 6.92 Å². The van der Waals surface area contributed by atoms with Crippen LogP contribution in [0, 0.1) is 13.8 Å². The number of H-pyrrole nitrogens is 1. The lowest BCUT2D eigenvalue weighted by atomic mass is 10.2. The number of hydrogen-bond donors (Lipinski definition) is 2. The first-order valence-electron chi connectivity index (χ1n) is 6.08. The molecule has 1 heterocycles. The van der Waals surface area contributed by atoms with Gasteiger partial charge in [0.1, 0.15) is 18.2 Å². The van der Waals surface area contributed by atoms with Crippen LogP contribution in [-0.2, 0) is 13.2 Å². The molecule has 0 bridgehead atoms. The van der Waals surface area contributed by atoms with Crippen LogP contribution in [0.3, 0.4) is 0 Å². The highest BCUT2D eigenvalue weighted by Crippen LogP contribution is 2.13. The molecule has 19 heavy (non-hydrogen) atoms. The zero-order valence-electron chi connectivity index (χ0n) is 11.1. The molecule has 5 nitrogen and oxygen atoms in total. The maximum absolute atomic E-state index is 11.7. The maximum atomic E-state index is 11.7. The largest absolute Gasteiger partial charge is 0.486 e. The average molecular weight is 259 g/mol. The molecule has 0 radical (unpaired) electrons. The lowest BCUT2D eigenvalue weighted by Gasteiger charge is -2.08. The van der Waals surface area contributed by atoms with Crippen molar-refractivity contribution in [2.45, 2.75) is 27.0 Å². The first-order valence-corrected chi connectivity index (χ1v) is 6.08. The molecule has 2 rings (SSSR count). The number of nitrogens with one attached hydrogen (secondary N) is 1. The molecular formula is C14H17N3O2. The summed E-state index contributed by atoms with van der Waals surface area (Å²) >= 11 is 0. The van der Waals surface area contributed by atoms with Crippen LogP contribution < -0.4 is 16.0 Å². The summed E-state index contributed by atoms with van der Waals surface area (Å²) in [6, 6.07) is 7.71. The van der Waals surface area contributed by atoms with Crippen LogP contribution in [-0.4, -0.2) is 9.97 Å². The van der Waals surface area contributed by atoms with Crippen LogP contribution in [0.5, 0.6) is 5.75 Å². The van der Waals surface area contributed by atoms with E-state index in [4.69, 9.17) is 10.5 Å². The standard InChI is InChI=1S/C14H17N3O2/c1-9-4-3-5-11(6-9)19-8-13-16-10(2)12(7-15)14(18)17-13/h3-6H,7-8,15H2,1-2H3,(H,16,17,18). The second-order valence-corrected chi connectivity index (χ2v) is 4.39. The molecule has 0 aliphatic carbocycles. The predicted molar refractivity (Wildman–Crippen MR) is 73.0 cm³/mol. The van der Waals surface area contributed by atoms with Crippen LogP contribution >= 0.6 is 0 Å². The summed E-state index contributed by atoms with van der Waals surface area (Å²) in [4.78, 5) is 18.7. The minimum atomic E-state index is -0.196. The second-order valence-electron chi connectivity index (χ2n) is 4.39. The van der Waals surface area contributed by atoms with E-state index in [-0.39, 0.29) is 18.7 Å². The predicted octanol–water partition coefficient (Wildman–Crippen LogP) is 1.42. The van der Waals surface area contributed by atoms with Crippen molar-refractivity contribution in [3.05, 3.63) is 57.3 Å². The molecule has 2 aromatic rings. The van der Waals surface area contributed by atoms with Crippen molar-refractivity contribution < 1.29 is 4.74 Å². The highest BCUT2D eigenvalue weighted by atomic mass is 16.5. The number of benzene rings is 1. The van der Waals surface area contributed by atoms with E-state index in [0.717, 1.165) is 11.3 Å². The third kappa shape index (κ3) is 3.20. The number of ether oxygens (including phenoxy) is 1. The van der Waals surface area contributed by atoms with Crippen LogP contribution in [0.15, 0.2) is 29.1 Å². The summed E-state index contributed by atoms with van der Waals surface area (Å²) in [5.41, 5.74) is 7.58. The van der Waals surface area contributed by atoms with Crippen molar-refractivity contribution in [2.75, 3.05) is 0 Å². The van der Waals surface area contributed by atoms with Gasteiger partial charge in [0, 0.05) is 12.2 Å². The molecule has 0 aliphatic rings. The Morgan fingerprint density at radius 3 is 2.79 bits per heavy atom. The quantitative estimate of drug-likeness (QED) is 0.870. The van der Waals surface area contributed by atoms with E-state index in [2.05, 4.69) is 9.97 Å². The minimum Gasteiger partial charge on any atom is -0.486 e. The molecule has 1 aromatic carbocycles. The fraction of sp³-hybridized carbons (Fsp3) is 0.286. The Bertz CT molecular complexity index is 635. The van der Waals surface area contributed by atoms with Crippen LogP contribution in [0.4, 0.5) is 0 Å². The summed E-state index contributed by atoms with van der Waals surface area (Å²) < 4.78 is 5.59. The monoisotopic (exact) mass is 259 g/mol. The van der Waals surface area contributed by atoms with Gasteiger partial charge in [0.2, 0.25) is 0 Å². The first-order chi connectivity index (χ1) is 9.10. The highest BCUT2D eigenvalue weighted by molar-refractivity contribution is 5.27. The molecule has 0 unspecified atom stereocenters. The Balaban J connectivity index is 2.14. The van der Waals surface area contributed by atoms with Gasteiger partial charge in [-0.15, -0.1) is 0 Å². The molecular weight excluding hydrogens is 242 g/mol. The number of rotatable bonds is 4. The zero-order chi connectivity index (χ0) is 13.8. The van der Waals surface area contributed by atoms with Crippen molar-refractivity contribution >= 4 is 0 Å². The lowest BCUT2D eigenvalue weighted by molar-refractivity contribution is 0.294. The van der Waals surface area contributed by atoms with Gasteiger partial charge < -0.3 is 15.5 Å². The molecule has 0 spiro atoms. The third-order valence-electron chi connectivity index (χ3n) is 2.84. The first kappa shape index (κ1) is 13.3. The number of hydrogen-bond acceptors (Lipinski definition) is 4. The van der Waals surface area contributed by atoms with Crippen molar-refractivity contribution in [3.8, 4) is 5.75 Å². The highest BCUT2D eigenvalue weighted by Gasteiger charge is 2.06. The Labute approximate surface area is 111 Å². The zero-order valence-corrected chi connectivity index (χ0v) is 11.1. The van der Waals surface area contributed by atoms with Gasteiger partial charge in [-0.05, 0) is 31.5 Å². The number of aryl methyl sites for hydroxylation is 2. The summed E-state index contributed by atoms with van der Waals surface area (Å²) in [7, 11) is 0. The summed E-state index contributed by atoms with van der Waals surface area (Å²) in [6.07, 6.45) is 0. The van der Waals surface area contributed by atoms with E-state index in [1.165, 1.54) is 0 Å². The van der Waals surface area contributed by atoms with Crippen LogP contribution in [0.25, 0.3) is 0 Å². The van der Waals surface area contributed by atoms with Gasteiger partial charge in [0.25, 0.3) is 5.56 Å². The van der Waals surface area contributed by atoms with E-state index in [9.17, 15) is 4.79 Å². The Kier molecular flexibility index (Phi) is 3.97. The van der Waals surface area contributed by atoms with Gasteiger partial charge in [-0.25, -0.2) is 4.98 Å². The van der Waals surface area contributed by atoms with Gasteiger partial charge in [0.15, 0.2) is 0 Å². The SMILES string of the molecule is Cc1cccc(OCc2nc(C)c(CN)c(=O)[nH]2)c1. The Hall–Kier alpha value is -2.14. The Morgan fingerprint density at radius 2 is 2.16 bits per heavy atom.